The summed E-state index contributed by atoms with van der Waals surface area (Å²) in [6.45, 7) is 2.01. The Labute approximate surface area is 141 Å². The van der Waals surface area contributed by atoms with Crippen molar-refractivity contribution in [2.45, 2.75) is 6.92 Å². The van der Waals surface area contributed by atoms with Gasteiger partial charge in [-0.15, -0.1) is 0 Å². The first-order valence-electron chi connectivity index (χ1n) is 7.47. The third-order valence-electron chi connectivity index (χ3n) is 3.01. The first kappa shape index (κ1) is 17.2. The van der Waals surface area contributed by atoms with Crippen LogP contribution in [0.5, 0.6) is 5.75 Å². The van der Waals surface area contributed by atoms with Crippen molar-refractivity contribution in [2.24, 2.45) is 9.98 Å². The fourth-order valence-electron chi connectivity index (χ4n) is 1.84. The highest BCUT2D eigenvalue weighted by molar-refractivity contribution is 5.94. The maximum Gasteiger partial charge on any atom is 0.357 e. The number of aliphatic imine (C=N–C) groups is 2. The van der Waals surface area contributed by atoms with Gasteiger partial charge in [0.15, 0.2) is 5.70 Å². The summed E-state index contributed by atoms with van der Waals surface area (Å²) >= 11 is 0. The Kier molecular flexibility index (Phi) is 6.50. The summed E-state index contributed by atoms with van der Waals surface area (Å²) in [6.07, 6.45) is 1.62. The van der Waals surface area contributed by atoms with Gasteiger partial charge in [0.2, 0.25) is 0 Å². The van der Waals surface area contributed by atoms with Crippen LogP contribution in [-0.2, 0) is 9.53 Å². The number of hydrogen-bond acceptors (Lipinski definition) is 5. The molecule has 5 nitrogen and oxygen atoms in total. The van der Waals surface area contributed by atoms with Gasteiger partial charge in [-0.25, -0.2) is 4.79 Å². The highest BCUT2D eigenvalue weighted by Crippen LogP contribution is 2.15. The van der Waals surface area contributed by atoms with Gasteiger partial charge < -0.3 is 9.47 Å². The third kappa shape index (κ3) is 5.23. The van der Waals surface area contributed by atoms with Crippen LogP contribution in [0.3, 0.4) is 0 Å². The average molecular weight is 322 g/mol. The molecule has 2 aromatic carbocycles. The van der Waals surface area contributed by atoms with Crippen molar-refractivity contribution in [2.75, 3.05) is 13.7 Å². The SMILES string of the molecule is CCOC(=O)/C(=C/c1ccc(OC)cc1)N=C=Nc1ccccc1. The molecular formula is C19H18N2O3. The van der Waals surface area contributed by atoms with Crippen LogP contribution in [0.2, 0.25) is 0 Å². The minimum absolute atomic E-state index is 0.127. The fourth-order valence-corrected chi connectivity index (χ4v) is 1.84. The molecule has 0 saturated carbocycles. The molecule has 0 N–H and O–H groups in total. The zero-order chi connectivity index (χ0) is 17.2. The first-order valence-corrected chi connectivity index (χ1v) is 7.47. The number of nitrogens with zero attached hydrogens (tertiary/aromatic N) is 2. The van der Waals surface area contributed by atoms with Gasteiger partial charge in [0.05, 0.1) is 19.4 Å². The Hall–Kier alpha value is -3.17. The van der Waals surface area contributed by atoms with Crippen LogP contribution in [0.1, 0.15) is 12.5 Å². The van der Waals surface area contributed by atoms with Gasteiger partial charge in [-0.2, -0.15) is 9.98 Å². The fraction of sp³-hybridized carbons (Fsp3) is 0.158. The number of hydrogen-bond donors (Lipinski definition) is 0. The van der Waals surface area contributed by atoms with Crippen molar-refractivity contribution in [1.82, 2.24) is 0 Å². The quantitative estimate of drug-likeness (QED) is 0.457. The summed E-state index contributed by atoms with van der Waals surface area (Å²) < 4.78 is 10.1. The van der Waals surface area contributed by atoms with E-state index >= 15 is 0 Å². The summed E-state index contributed by atoms with van der Waals surface area (Å²) in [6, 6.07) is 19.0. The van der Waals surface area contributed by atoms with E-state index in [4.69, 9.17) is 9.47 Å². The molecule has 2 rings (SSSR count). The molecule has 0 aliphatic heterocycles. The van der Waals surface area contributed by atoms with Gasteiger partial charge in [0.1, 0.15) is 11.8 Å². The second-order valence-corrected chi connectivity index (χ2v) is 4.68. The predicted octanol–water partition coefficient (Wildman–Crippen LogP) is 4.10. The molecule has 0 heterocycles. The number of rotatable bonds is 6. The highest BCUT2D eigenvalue weighted by Gasteiger charge is 2.09. The van der Waals surface area contributed by atoms with Crippen LogP contribution >= 0.6 is 0 Å². The Morgan fingerprint density at radius 3 is 2.46 bits per heavy atom. The molecule has 0 radical (unpaired) electrons. The lowest BCUT2D eigenvalue weighted by atomic mass is 10.2. The van der Waals surface area contributed by atoms with E-state index in [0.717, 1.165) is 11.3 Å². The molecule has 0 bridgehead atoms. The van der Waals surface area contributed by atoms with E-state index in [1.165, 1.54) is 0 Å². The Balaban J connectivity index is 2.28. The number of para-hydroxylation sites is 1. The van der Waals surface area contributed by atoms with Crippen LogP contribution in [0.15, 0.2) is 70.3 Å². The van der Waals surface area contributed by atoms with E-state index in [1.54, 1.807) is 32.2 Å². The standard InChI is InChI=1S/C19H18N2O3/c1-3-24-19(22)18(13-15-9-11-17(23-2)12-10-15)21-14-20-16-7-5-4-6-8-16/h4-13H,3H2,1-2H3/b18-13-. The van der Waals surface area contributed by atoms with E-state index in [0.29, 0.717) is 5.69 Å². The minimum Gasteiger partial charge on any atom is -0.497 e. The van der Waals surface area contributed by atoms with Crippen LogP contribution in [0, 0.1) is 0 Å². The lowest BCUT2D eigenvalue weighted by Crippen LogP contribution is -2.05. The number of carbonyl (C=O) groups is 1. The van der Waals surface area contributed by atoms with Gasteiger partial charge in [-0.05, 0) is 42.8 Å². The average Bonchev–Trinajstić information content (AvgIpc) is 2.62. The van der Waals surface area contributed by atoms with E-state index in [-0.39, 0.29) is 12.3 Å². The summed E-state index contributed by atoms with van der Waals surface area (Å²) in [5.74, 6) is 0.211. The highest BCUT2D eigenvalue weighted by atomic mass is 16.5. The van der Waals surface area contributed by atoms with E-state index in [1.807, 2.05) is 42.5 Å². The predicted molar refractivity (Wildman–Crippen MR) is 93.6 cm³/mol. The molecule has 24 heavy (non-hydrogen) atoms. The van der Waals surface area contributed by atoms with E-state index in [9.17, 15) is 4.79 Å². The molecular weight excluding hydrogens is 304 g/mol. The molecule has 0 aliphatic carbocycles. The van der Waals surface area contributed by atoms with Crippen molar-refractivity contribution < 1.29 is 14.3 Å². The smallest absolute Gasteiger partial charge is 0.357 e. The lowest BCUT2D eigenvalue weighted by Gasteiger charge is -2.02. The van der Waals surface area contributed by atoms with Crippen LogP contribution < -0.4 is 4.74 Å². The number of benzene rings is 2. The second kappa shape index (κ2) is 9.08. The summed E-state index contributed by atoms with van der Waals surface area (Å²) in [5, 5.41) is 0. The van der Waals surface area contributed by atoms with Crippen molar-refractivity contribution >= 4 is 23.7 Å². The molecule has 5 heteroatoms. The van der Waals surface area contributed by atoms with Crippen molar-refractivity contribution in [3.8, 4) is 5.75 Å². The van der Waals surface area contributed by atoms with Gasteiger partial charge in [-0.3, -0.25) is 0 Å². The molecule has 122 valence electrons. The summed E-state index contributed by atoms with van der Waals surface area (Å²) in [5.41, 5.74) is 1.62. The normalized spacial score (nSPS) is 10.5. The number of ether oxygens (including phenoxy) is 2. The third-order valence-corrected chi connectivity index (χ3v) is 3.01. The van der Waals surface area contributed by atoms with Crippen LogP contribution in [0.4, 0.5) is 5.69 Å². The van der Waals surface area contributed by atoms with Gasteiger partial charge in [0.25, 0.3) is 0 Å². The first-order chi connectivity index (χ1) is 11.7. The van der Waals surface area contributed by atoms with Crippen molar-refractivity contribution in [3.05, 3.63) is 65.9 Å². The largest absolute Gasteiger partial charge is 0.497 e. The van der Waals surface area contributed by atoms with Gasteiger partial charge >= 0.3 is 5.97 Å². The van der Waals surface area contributed by atoms with Crippen LogP contribution in [0.25, 0.3) is 6.08 Å². The van der Waals surface area contributed by atoms with E-state index in [2.05, 4.69) is 16.0 Å². The molecule has 0 aliphatic rings. The Bertz CT molecular complexity index is 759. The summed E-state index contributed by atoms with van der Waals surface area (Å²) in [7, 11) is 1.60. The zero-order valence-electron chi connectivity index (χ0n) is 13.6. The van der Waals surface area contributed by atoms with Crippen LogP contribution in [-0.4, -0.2) is 25.7 Å². The molecule has 0 spiro atoms. The zero-order valence-corrected chi connectivity index (χ0v) is 13.6. The Morgan fingerprint density at radius 2 is 1.83 bits per heavy atom. The molecule has 2 aromatic rings. The molecule has 0 atom stereocenters. The number of esters is 1. The van der Waals surface area contributed by atoms with Gasteiger partial charge in [-0.1, -0.05) is 30.3 Å². The summed E-state index contributed by atoms with van der Waals surface area (Å²) in [4.78, 5) is 20.1. The number of methoxy groups -OCH3 is 1. The lowest BCUT2D eigenvalue weighted by molar-refractivity contribution is -0.138. The van der Waals surface area contributed by atoms with Gasteiger partial charge in [0, 0.05) is 0 Å². The number of carbonyl (C=O) groups excluding carboxylic acids is 1. The maximum atomic E-state index is 12.0. The second-order valence-electron chi connectivity index (χ2n) is 4.68. The Morgan fingerprint density at radius 1 is 1.12 bits per heavy atom. The topological polar surface area (TPSA) is 60.2 Å². The van der Waals surface area contributed by atoms with Crippen molar-refractivity contribution in [3.63, 3.8) is 0 Å². The molecule has 0 fully saturated rings. The van der Waals surface area contributed by atoms with Crippen molar-refractivity contribution in [1.29, 1.82) is 0 Å². The molecule has 0 saturated heterocycles. The minimum atomic E-state index is -0.524. The monoisotopic (exact) mass is 322 g/mol. The molecule has 0 aromatic heterocycles. The maximum absolute atomic E-state index is 12.0. The molecule has 0 amide bonds. The molecule has 0 unspecified atom stereocenters. The van der Waals surface area contributed by atoms with E-state index < -0.39 is 5.97 Å².